The van der Waals surface area contributed by atoms with Crippen molar-refractivity contribution >= 4 is 16.9 Å². The molecule has 0 unspecified atom stereocenters. The van der Waals surface area contributed by atoms with Crippen molar-refractivity contribution in [3.63, 3.8) is 0 Å². The fourth-order valence-electron chi connectivity index (χ4n) is 2.21. The molecule has 0 spiro atoms. The number of ether oxygens (including phenoxy) is 1. The summed E-state index contributed by atoms with van der Waals surface area (Å²) in [5, 5.41) is 9.52. The topological polar surface area (TPSA) is 68.5 Å². The van der Waals surface area contributed by atoms with E-state index in [1.807, 2.05) is 13.0 Å². The quantitative estimate of drug-likeness (QED) is 0.830. The molecular weight excluding hydrogens is 270 g/mol. The number of carbonyl (C=O) groups is 1. The van der Waals surface area contributed by atoms with Gasteiger partial charge in [0.2, 0.25) is 5.43 Å². The van der Waals surface area contributed by atoms with Crippen molar-refractivity contribution in [1.82, 2.24) is 4.57 Å². The van der Waals surface area contributed by atoms with Crippen LogP contribution in [0.4, 0.5) is 0 Å². The lowest BCUT2D eigenvalue weighted by molar-refractivity contribution is 0.0695. The molecule has 0 fully saturated rings. The van der Waals surface area contributed by atoms with Crippen LogP contribution in [0.3, 0.4) is 0 Å². The Morgan fingerprint density at radius 3 is 2.71 bits per heavy atom. The number of nitrogens with zero attached hydrogens (tertiary/aromatic N) is 1. The molecule has 2 rings (SSSR count). The highest BCUT2D eigenvalue weighted by atomic mass is 16.5. The average molecular weight is 289 g/mol. The Morgan fingerprint density at radius 2 is 2.10 bits per heavy atom. The van der Waals surface area contributed by atoms with Gasteiger partial charge in [-0.05, 0) is 31.5 Å². The Balaban J connectivity index is 2.56. The first-order valence-corrected chi connectivity index (χ1v) is 7.11. The van der Waals surface area contributed by atoms with E-state index in [1.54, 1.807) is 16.7 Å². The number of unbranched alkanes of at least 4 members (excludes halogenated alkanes) is 1. The van der Waals surface area contributed by atoms with Crippen molar-refractivity contribution in [3.05, 3.63) is 40.2 Å². The molecule has 5 nitrogen and oxygen atoms in total. The maximum absolute atomic E-state index is 12.3. The molecule has 1 heterocycles. The van der Waals surface area contributed by atoms with Crippen LogP contribution in [0.1, 0.15) is 37.0 Å². The number of hydrogen-bond acceptors (Lipinski definition) is 3. The number of fused-ring (bicyclic) bond motifs is 1. The molecule has 0 aliphatic rings. The minimum Gasteiger partial charge on any atom is -0.494 e. The van der Waals surface area contributed by atoms with Crippen LogP contribution in [-0.4, -0.2) is 22.2 Å². The number of carboxylic acid groups (broad SMARTS) is 1. The van der Waals surface area contributed by atoms with Gasteiger partial charge in [-0.1, -0.05) is 13.3 Å². The van der Waals surface area contributed by atoms with Crippen LogP contribution in [0.5, 0.6) is 5.75 Å². The lowest BCUT2D eigenvalue weighted by Gasteiger charge is -2.12. The van der Waals surface area contributed by atoms with Crippen LogP contribution < -0.4 is 10.2 Å². The first-order chi connectivity index (χ1) is 10.1. The first-order valence-electron chi connectivity index (χ1n) is 7.11. The molecule has 2 aromatic rings. The molecule has 0 radical (unpaired) electrons. The highest BCUT2D eigenvalue weighted by molar-refractivity contribution is 5.92. The lowest BCUT2D eigenvalue weighted by Crippen LogP contribution is -2.18. The third kappa shape index (κ3) is 3.07. The van der Waals surface area contributed by atoms with Gasteiger partial charge in [-0.25, -0.2) is 4.79 Å². The summed E-state index contributed by atoms with van der Waals surface area (Å²) in [6.07, 6.45) is 3.36. The molecule has 5 heteroatoms. The Labute approximate surface area is 122 Å². The third-order valence-electron chi connectivity index (χ3n) is 3.39. The van der Waals surface area contributed by atoms with E-state index in [4.69, 9.17) is 9.84 Å². The first kappa shape index (κ1) is 15.1. The summed E-state index contributed by atoms with van der Waals surface area (Å²) in [5.74, 6) is -0.611. The molecule has 1 aromatic heterocycles. The maximum atomic E-state index is 12.3. The minimum atomic E-state index is -1.21. The number of pyridine rings is 1. The molecule has 112 valence electrons. The van der Waals surface area contributed by atoms with Crippen LogP contribution in [0.2, 0.25) is 0 Å². The number of aromatic nitrogens is 1. The smallest absolute Gasteiger partial charge is 0.341 e. The van der Waals surface area contributed by atoms with Crippen molar-refractivity contribution in [2.45, 2.75) is 33.2 Å². The molecule has 1 N–H and O–H groups in total. The van der Waals surface area contributed by atoms with E-state index in [2.05, 4.69) is 6.92 Å². The zero-order valence-electron chi connectivity index (χ0n) is 12.3. The summed E-state index contributed by atoms with van der Waals surface area (Å²) in [7, 11) is 0. The monoisotopic (exact) mass is 289 g/mol. The number of rotatable bonds is 6. The molecule has 0 bridgehead atoms. The summed E-state index contributed by atoms with van der Waals surface area (Å²) in [4.78, 5) is 23.5. The van der Waals surface area contributed by atoms with Crippen molar-refractivity contribution < 1.29 is 14.6 Å². The van der Waals surface area contributed by atoms with Crippen molar-refractivity contribution in [2.75, 3.05) is 6.61 Å². The summed E-state index contributed by atoms with van der Waals surface area (Å²) in [6.45, 7) is 5.15. The summed E-state index contributed by atoms with van der Waals surface area (Å²) in [6, 6.07) is 5.24. The second kappa shape index (κ2) is 6.43. The van der Waals surface area contributed by atoms with Gasteiger partial charge >= 0.3 is 5.97 Å². The van der Waals surface area contributed by atoms with Gasteiger partial charge in [-0.15, -0.1) is 0 Å². The van der Waals surface area contributed by atoms with Crippen LogP contribution in [0, 0.1) is 0 Å². The van der Waals surface area contributed by atoms with E-state index in [0.717, 1.165) is 18.4 Å². The second-order valence-electron chi connectivity index (χ2n) is 4.84. The van der Waals surface area contributed by atoms with Gasteiger partial charge in [0.25, 0.3) is 0 Å². The predicted molar refractivity (Wildman–Crippen MR) is 81.2 cm³/mol. The number of hydrogen-bond donors (Lipinski definition) is 1. The molecule has 0 saturated carbocycles. The Bertz CT molecular complexity index is 718. The highest BCUT2D eigenvalue weighted by Crippen LogP contribution is 2.19. The molecule has 1 aromatic carbocycles. The van der Waals surface area contributed by atoms with Crippen molar-refractivity contribution in [3.8, 4) is 5.75 Å². The Morgan fingerprint density at radius 1 is 1.33 bits per heavy atom. The second-order valence-corrected chi connectivity index (χ2v) is 4.84. The fraction of sp³-hybridized carbons (Fsp3) is 0.375. The maximum Gasteiger partial charge on any atom is 0.341 e. The summed E-state index contributed by atoms with van der Waals surface area (Å²) < 4.78 is 7.35. The number of benzene rings is 1. The molecule has 0 atom stereocenters. The van der Waals surface area contributed by atoms with Crippen molar-refractivity contribution in [2.24, 2.45) is 0 Å². The van der Waals surface area contributed by atoms with E-state index in [9.17, 15) is 9.59 Å². The minimum absolute atomic E-state index is 0.213. The molecular formula is C16H19NO4. The Kier molecular flexibility index (Phi) is 4.62. The van der Waals surface area contributed by atoms with Crippen LogP contribution in [-0.2, 0) is 6.54 Å². The van der Waals surface area contributed by atoms with E-state index in [0.29, 0.717) is 24.3 Å². The largest absolute Gasteiger partial charge is 0.494 e. The molecule has 0 aliphatic heterocycles. The lowest BCUT2D eigenvalue weighted by atomic mass is 10.1. The number of carboxylic acids is 1. The van der Waals surface area contributed by atoms with Crippen LogP contribution >= 0.6 is 0 Å². The zero-order chi connectivity index (χ0) is 15.4. The van der Waals surface area contributed by atoms with E-state index >= 15 is 0 Å². The van der Waals surface area contributed by atoms with Gasteiger partial charge in [0, 0.05) is 12.7 Å². The molecule has 0 saturated heterocycles. The van der Waals surface area contributed by atoms with Gasteiger partial charge < -0.3 is 14.4 Å². The normalized spacial score (nSPS) is 10.8. The molecule has 21 heavy (non-hydrogen) atoms. The van der Waals surface area contributed by atoms with Gasteiger partial charge in [-0.3, -0.25) is 4.79 Å². The van der Waals surface area contributed by atoms with E-state index in [1.165, 1.54) is 6.20 Å². The summed E-state index contributed by atoms with van der Waals surface area (Å²) in [5.41, 5.74) is 0.0357. The van der Waals surface area contributed by atoms with Crippen LogP contribution in [0.15, 0.2) is 29.2 Å². The third-order valence-corrected chi connectivity index (χ3v) is 3.39. The standard InChI is InChI=1S/C16H19NO4/c1-3-5-8-21-11-6-7-14-12(9-11)15(18)13(16(19)20)10-17(14)4-2/h6-7,9-10H,3-5,8H2,1-2H3,(H,19,20). The van der Waals surface area contributed by atoms with E-state index in [-0.39, 0.29) is 5.56 Å². The van der Waals surface area contributed by atoms with Crippen molar-refractivity contribution in [1.29, 1.82) is 0 Å². The summed E-state index contributed by atoms with van der Waals surface area (Å²) >= 11 is 0. The van der Waals surface area contributed by atoms with Crippen LogP contribution in [0.25, 0.3) is 10.9 Å². The van der Waals surface area contributed by atoms with Gasteiger partial charge in [0.1, 0.15) is 11.3 Å². The molecule has 0 aliphatic carbocycles. The van der Waals surface area contributed by atoms with Gasteiger partial charge in [-0.2, -0.15) is 0 Å². The average Bonchev–Trinajstić information content (AvgIpc) is 2.48. The molecule has 0 amide bonds. The number of aryl methyl sites for hydroxylation is 1. The predicted octanol–water partition coefficient (Wildman–Crippen LogP) is 2.90. The Hall–Kier alpha value is -2.30. The van der Waals surface area contributed by atoms with E-state index < -0.39 is 11.4 Å². The SMILES string of the molecule is CCCCOc1ccc2c(c1)c(=O)c(C(=O)O)cn2CC. The zero-order valence-corrected chi connectivity index (χ0v) is 12.3. The highest BCUT2D eigenvalue weighted by Gasteiger charge is 2.14. The number of aromatic carboxylic acids is 1. The fourth-order valence-corrected chi connectivity index (χ4v) is 2.21. The van der Waals surface area contributed by atoms with Gasteiger partial charge in [0.05, 0.1) is 17.5 Å². The van der Waals surface area contributed by atoms with Gasteiger partial charge in [0.15, 0.2) is 0 Å².